The molecule has 0 aliphatic heterocycles. The predicted octanol–water partition coefficient (Wildman–Crippen LogP) is 6.69. The summed E-state index contributed by atoms with van der Waals surface area (Å²) in [5, 5.41) is 16.4. The first-order valence-electron chi connectivity index (χ1n) is 15.2. The van der Waals surface area contributed by atoms with Crippen LogP contribution >= 0.6 is 11.6 Å². The highest BCUT2D eigenvalue weighted by Gasteiger charge is 2.56. The van der Waals surface area contributed by atoms with Crippen molar-refractivity contribution in [2.75, 3.05) is 13.7 Å². The van der Waals surface area contributed by atoms with Crippen LogP contribution in [-0.2, 0) is 22.5 Å². The van der Waals surface area contributed by atoms with Crippen LogP contribution in [0.25, 0.3) is 11.3 Å². The standard InChI is InChI=1S/C35H34ClF3N4O6/c1-33(2,43-32(45)48-19-21-7-5-4-6-8-21)24-16-26(23-10-14-30(36)40-18-23)42-29(17-24)34(46,35(37,38)39)20-41-31(44)22-9-13-27(28(15-22)47-3)49-25-11-12-25/h4-10,13-18,25,46H,11-12,19-20H2,1-3H3,(H,41,44)(H,43,45). The lowest BCUT2D eigenvalue weighted by Gasteiger charge is -2.33. The van der Waals surface area contributed by atoms with Gasteiger partial charge in [-0.2, -0.15) is 13.2 Å². The number of methoxy groups -OCH3 is 1. The maximum absolute atomic E-state index is 14.8. The van der Waals surface area contributed by atoms with Gasteiger partial charge in [0.1, 0.15) is 11.8 Å². The molecule has 1 aliphatic carbocycles. The summed E-state index contributed by atoms with van der Waals surface area (Å²) in [6.45, 7) is 1.78. The first-order chi connectivity index (χ1) is 23.2. The van der Waals surface area contributed by atoms with E-state index in [4.69, 9.17) is 25.8 Å². The molecule has 0 radical (unpaired) electrons. The van der Waals surface area contributed by atoms with Crippen molar-refractivity contribution in [3.8, 4) is 22.8 Å². The lowest BCUT2D eigenvalue weighted by molar-refractivity contribution is -0.265. The second-order valence-corrected chi connectivity index (χ2v) is 12.4. The number of benzene rings is 2. The molecule has 2 heterocycles. The number of rotatable bonds is 12. The molecular weight excluding hydrogens is 665 g/mol. The quantitative estimate of drug-likeness (QED) is 0.140. The number of alkyl halides is 3. The molecule has 1 aliphatic rings. The zero-order chi connectivity index (χ0) is 35.4. The van der Waals surface area contributed by atoms with Crippen molar-refractivity contribution in [2.24, 2.45) is 0 Å². The molecule has 10 nitrogen and oxygen atoms in total. The number of nitrogens with one attached hydrogen (secondary N) is 2. The molecule has 49 heavy (non-hydrogen) atoms. The van der Waals surface area contributed by atoms with Gasteiger partial charge in [0.15, 0.2) is 11.5 Å². The third kappa shape index (κ3) is 8.59. The molecule has 1 saturated carbocycles. The molecule has 1 fully saturated rings. The smallest absolute Gasteiger partial charge is 0.424 e. The first-order valence-corrected chi connectivity index (χ1v) is 15.6. The lowest BCUT2D eigenvalue weighted by Crippen LogP contribution is -2.52. The van der Waals surface area contributed by atoms with Gasteiger partial charge in [-0.1, -0.05) is 41.9 Å². The number of carbonyl (C=O) groups excluding carboxylic acids is 2. The second-order valence-electron chi connectivity index (χ2n) is 12.0. The number of pyridine rings is 2. The number of aliphatic hydroxyl groups is 1. The van der Waals surface area contributed by atoms with Crippen LogP contribution in [0.5, 0.6) is 11.5 Å². The summed E-state index contributed by atoms with van der Waals surface area (Å²) in [6, 6.07) is 18.6. The molecule has 14 heteroatoms. The van der Waals surface area contributed by atoms with Crippen molar-refractivity contribution in [1.82, 2.24) is 20.6 Å². The molecule has 258 valence electrons. The topological polar surface area (TPSA) is 132 Å². The number of hydrogen-bond acceptors (Lipinski definition) is 8. The number of halogens is 4. The Hall–Kier alpha value is -4.88. The van der Waals surface area contributed by atoms with E-state index in [1.165, 1.54) is 49.7 Å². The zero-order valence-electron chi connectivity index (χ0n) is 26.8. The molecule has 3 N–H and O–H groups in total. The van der Waals surface area contributed by atoms with Crippen molar-refractivity contribution in [3.05, 3.63) is 107 Å². The van der Waals surface area contributed by atoms with Gasteiger partial charge in [0.25, 0.3) is 5.91 Å². The minimum absolute atomic E-state index is 0.00539. The molecule has 4 aromatic rings. The van der Waals surface area contributed by atoms with Crippen LogP contribution in [0, 0.1) is 0 Å². The molecule has 2 aromatic heterocycles. The van der Waals surface area contributed by atoms with E-state index in [2.05, 4.69) is 20.6 Å². The molecular formula is C35H34ClF3N4O6. The third-order valence-electron chi connectivity index (χ3n) is 7.84. The van der Waals surface area contributed by atoms with Crippen LogP contribution < -0.4 is 20.1 Å². The van der Waals surface area contributed by atoms with Crippen LogP contribution in [-0.4, -0.2) is 53.0 Å². The van der Waals surface area contributed by atoms with Gasteiger partial charge in [0, 0.05) is 17.3 Å². The molecule has 5 rings (SSSR count). The normalized spacial score (nSPS) is 14.4. The van der Waals surface area contributed by atoms with Crippen LogP contribution in [0.1, 0.15) is 53.9 Å². The predicted molar refractivity (Wildman–Crippen MR) is 174 cm³/mol. The minimum atomic E-state index is -5.31. The van der Waals surface area contributed by atoms with Gasteiger partial charge in [-0.05, 0) is 80.3 Å². The van der Waals surface area contributed by atoms with Crippen molar-refractivity contribution in [3.63, 3.8) is 0 Å². The van der Waals surface area contributed by atoms with E-state index in [1.54, 1.807) is 38.1 Å². The second kappa shape index (κ2) is 14.3. The zero-order valence-corrected chi connectivity index (χ0v) is 27.6. The number of alkyl carbamates (subject to hydrolysis) is 1. The number of hydrogen-bond donors (Lipinski definition) is 3. The van der Waals surface area contributed by atoms with Gasteiger partial charge in [0.2, 0.25) is 5.60 Å². The Morgan fingerprint density at radius 1 is 1.00 bits per heavy atom. The summed E-state index contributed by atoms with van der Waals surface area (Å²) >= 11 is 5.94. The Balaban J connectivity index is 1.45. The van der Waals surface area contributed by atoms with E-state index < -0.39 is 41.6 Å². The summed E-state index contributed by atoms with van der Waals surface area (Å²) in [7, 11) is 1.38. The number of carbonyl (C=O) groups is 2. The Labute approximate surface area is 285 Å². The van der Waals surface area contributed by atoms with Crippen LogP contribution in [0.4, 0.5) is 18.0 Å². The molecule has 2 aromatic carbocycles. The molecule has 0 saturated heterocycles. The van der Waals surface area contributed by atoms with Crippen molar-refractivity contribution >= 4 is 23.6 Å². The van der Waals surface area contributed by atoms with Crippen LogP contribution in [0.2, 0.25) is 5.15 Å². The summed E-state index contributed by atoms with van der Waals surface area (Å²) in [6.07, 6.45) is -3.01. The molecule has 0 bridgehead atoms. The maximum atomic E-state index is 14.8. The Kier molecular flexibility index (Phi) is 10.3. The van der Waals surface area contributed by atoms with Crippen LogP contribution in [0.3, 0.4) is 0 Å². The van der Waals surface area contributed by atoms with E-state index in [9.17, 15) is 27.9 Å². The Morgan fingerprint density at radius 2 is 1.73 bits per heavy atom. The lowest BCUT2D eigenvalue weighted by atomic mass is 9.89. The first kappa shape index (κ1) is 35.4. The van der Waals surface area contributed by atoms with E-state index >= 15 is 0 Å². The highest BCUT2D eigenvalue weighted by Crippen LogP contribution is 2.40. The van der Waals surface area contributed by atoms with Gasteiger partial charge < -0.3 is 30.0 Å². The van der Waals surface area contributed by atoms with Gasteiger partial charge in [0.05, 0.1) is 36.7 Å². The Bertz CT molecular complexity index is 1800. The summed E-state index contributed by atoms with van der Waals surface area (Å²) in [4.78, 5) is 34.1. The SMILES string of the molecule is COc1cc(C(=O)NCC(O)(c2cc(C(C)(C)NC(=O)OCc3ccccc3)cc(-c3ccc(Cl)nc3)n2)C(F)(F)F)ccc1OC1CC1. The number of nitrogens with zero attached hydrogens (tertiary/aromatic N) is 2. The van der Waals surface area contributed by atoms with E-state index in [0.29, 0.717) is 5.75 Å². The summed E-state index contributed by atoms with van der Waals surface area (Å²) in [5.74, 6) is -0.266. The Morgan fingerprint density at radius 3 is 2.37 bits per heavy atom. The monoisotopic (exact) mass is 698 g/mol. The average Bonchev–Trinajstić information content (AvgIpc) is 3.90. The highest BCUT2D eigenvalue weighted by atomic mass is 35.5. The van der Waals surface area contributed by atoms with E-state index in [1.807, 2.05) is 6.07 Å². The minimum Gasteiger partial charge on any atom is -0.493 e. The fourth-order valence-corrected chi connectivity index (χ4v) is 4.89. The molecule has 1 unspecified atom stereocenters. The van der Waals surface area contributed by atoms with Gasteiger partial charge >= 0.3 is 12.3 Å². The maximum Gasteiger partial charge on any atom is 0.424 e. The fraction of sp³-hybridized carbons (Fsp3) is 0.314. The van der Waals surface area contributed by atoms with E-state index in [0.717, 1.165) is 24.5 Å². The summed E-state index contributed by atoms with van der Waals surface area (Å²) in [5.41, 5.74) is -4.70. The largest absolute Gasteiger partial charge is 0.493 e. The molecule has 1 atom stereocenters. The number of amides is 2. The van der Waals surface area contributed by atoms with Gasteiger partial charge in [-0.25, -0.2) is 14.8 Å². The average molecular weight is 699 g/mol. The van der Waals surface area contributed by atoms with E-state index in [-0.39, 0.29) is 46.0 Å². The fourth-order valence-electron chi connectivity index (χ4n) is 4.78. The van der Waals surface area contributed by atoms with Gasteiger partial charge in [-0.3, -0.25) is 4.79 Å². The summed E-state index contributed by atoms with van der Waals surface area (Å²) < 4.78 is 60.9. The highest BCUT2D eigenvalue weighted by molar-refractivity contribution is 6.29. The van der Waals surface area contributed by atoms with Gasteiger partial charge in [-0.15, -0.1) is 0 Å². The number of ether oxygens (including phenoxy) is 3. The van der Waals surface area contributed by atoms with Crippen molar-refractivity contribution in [1.29, 1.82) is 0 Å². The number of aromatic nitrogens is 2. The molecule has 2 amide bonds. The third-order valence-corrected chi connectivity index (χ3v) is 8.06. The van der Waals surface area contributed by atoms with Crippen LogP contribution in [0.15, 0.2) is 79.0 Å². The molecule has 0 spiro atoms. The van der Waals surface area contributed by atoms with Crippen molar-refractivity contribution < 1.29 is 42.1 Å². The van der Waals surface area contributed by atoms with Crippen molar-refractivity contribution in [2.45, 2.75) is 56.7 Å².